The molecule has 0 aliphatic carbocycles. The Morgan fingerprint density at radius 2 is 2.00 bits per heavy atom. The van der Waals surface area contributed by atoms with Crippen molar-refractivity contribution in [2.75, 3.05) is 20.8 Å². The van der Waals surface area contributed by atoms with E-state index >= 15 is 0 Å². The number of rotatable bonds is 4. The Balaban J connectivity index is 3.21. The summed E-state index contributed by atoms with van der Waals surface area (Å²) in [5, 5.41) is 0.580. The second kappa shape index (κ2) is 5.08. The predicted octanol–water partition coefficient (Wildman–Crippen LogP) is 1.86. The van der Waals surface area contributed by atoms with Crippen LogP contribution in [0.1, 0.15) is 5.56 Å². The Hall–Kier alpha value is -0.930. The fourth-order valence-electron chi connectivity index (χ4n) is 1.37. The third kappa shape index (κ3) is 2.11. The smallest absolute Gasteiger partial charge is 0.144 e. The third-order valence-corrected chi connectivity index (χ3v) is 2.29. The zero-order valence-electron chi connectivity index (χ0n) is 8.34. The molecule has 0 aliphatic rings. The molecule has 0 radical (unpaired) electrons. The van der Waals surface area contributed by atoms with Gasteiger partial charge in [0.1, 0.15) is 11.5 Å². The highest BCUT2D eigenvalue weighted by molar-refractivity contribution is 6.32. The summed E-state index contributed by atoms with van der Waals surface area (Å²) in [4.78, 5) is 0. The lowest BCUT2D eigenvalue weighted by molar-refractivity contribution is 0.385. The van der Waals surface area contributed by atoms with E-state index in [1.54, 1.807) is 20.3 Å². The van der Waals surface area contributed by atoms with Crippen LogP contribution in [0, 0.1) is 0 Å². The van der Waals surface area contributed by atoms with Crippen LogP contribution < -0.4 is 15.2 Å². The zero-order valence-corrected chi connectivity index (χ0v) is 9.10. The molecule has 0 spiro atoms. The minimum absolute atomic E-state index is 0.535. The lowest BCUT2D eigenvalue weighted by Crippen LogP contribution is -2.06. The van der Waals surface area contributed by atoms with Gasteiger partial charge in [-0.2, -0.15) is 0 Å². The number of benzene rings is 1. The second-order valence-electron chi connectivity index (χ2n) is 2.80. The van der Waals surface area contributed by atoms with Gasteiger partial charge in [-0.15, -0.1) is 0 Å². The highest BCUT2D eigenvalue weighted by atomic mass is 35.5. The molecule has 0 saturated carbocycles. The van der Waals surface area contributed by atoms with Crippen LogP contribution in [0.3, 0.4) is 0 Å². The molecule has 3 nitrogen and oxygen atoms in total. The average molecular weight is 216 g/mol. The van der Waals surface area contributed by atoms with Gasteiger partial charge < -0.3 is 15.2 Å². The van der Waals surface area contributed by atoms with Gasteiger partial charge in [0.05, 0.1) is 19.2 Å². The summed E-state index contributed by atoms with van der Waals surface area (Å²) in [7, 11) is 3.20. The Bertz CT molecular complexity index is 315. The maximum atomic E-state index is 5.97. The van der Waals surface area contributed by atoms with Crippen molar-refractivity contribution in [1.29, 1.82) is 0 Å². The number of hydrogen-bond acceptors (Lipinski definition) is 3. The van der Waals surface area contributed by atoms with E-state index in [-0.39, 0.29) is 0 Å². The molecule has 1 aromatic carbocycles. The van der Waals surface area contributed by atoms with Crippen LogP contribution in [0.2, 0.25) is 5.02 Å². The molecule has 0 fully saturated rings. The summed E-state index contributed by atoms with van der Waals surface area (Å²) in [5.41, 5.74) is 6.42. The molecule has 0 saturated heterocycles. The first-order valence-electron chi connectivity index (χ1n) is 4.34. The van der Waals surface area contributed by atoms with E-state index in [1.165, 1.54) is 0 Å². The topological polar surface area (TPSA) is 44.5 Å². The fourth-order valence-corrected chi connectivity index (χ4v) is 1.63. The van der Waals surface area contributed by atoms with Crippen LogP contribution in [0.5, 0.6) is 11.5 Å². The Labute approximate surface area is 88.8 Å². The molecule has 0 aromatic heterocycles. The average Bonchev–Trinajstić information content (AvgIpc) is 2.19. The number of ether oxygens (including phenoxy) is 2. The van der Waals surface area contributed by atoms with Crippen LogP contribution in [0.15, 0.2) is 12.1 Å². The van der Waals surface area contributed by atoms with Gasteiger partial charge in [-0.1, -0.05) is 11.6 Å². The minimum Gasteiger partial charge on any atom is -0.496 e. The first kappa shape index (κ1) is 11.1. The lowest BCUT2D eigenvalue weighted by atomic mass is 10.1. The van der Waals surface area contributed by atoms with Crippen LogP contribution in [0.4, 0.5) is 0 Å². The molecule has 2 N–H and O–H groups in total. The molecule has 0 atom stereocenters. The molecule has 0 bridgehead atoms. The van der Waals surface area contributed by atoms with Gasteiger partial charge in [0.2, 0.25) is 0 Å². The maximum absolute atomic E-state index is 5.97. The number of nitrogens with two attached hydrogens (primary N) is 1. The van der Waals surface area contributed by atoms with Crippen molar-refractivity contribution in [3.8, 4) is 11.5 Å². The van der Waals surface area contributed by atoms with Crippen molar-refractivity contribution in [3.63, 3.8) is 0 Å². The van der Waals surface area contributed by atoms with E-state index in [1.807, 2.05) is 6.07 Å². The fraction of sp³-hybridized carbons (Fsp3) is 0.400. The second-order valence-corrected chi connectivity index (χ2v) is 3.21. The summed E-state index contributed by atoms with van der Waals surface area (Å²) >= 11 is 5.97. The van der Waals surface area contributed by atoms with E-state index in [2.05, 4.69) is 0 Å². The molecule has 1 rings (SSSR count). The maximum Gasteiger partial charge on any atom is 0.144 e. The molecule has 78 valence electrons. The molecule has 4 heteroatoms. The third-order valence-electron chi connectivity index (χ3n) is 1.99. The van der Waals surface area contributed by atoms with Crippen LogP contribution in [0.25, 0.3) is 0 Å². The monoisotopic (exact) mass is 215 g/mol. The first-order valence-corrected chi connectivity index (χ1v) is 4.71. The van der Waals surface area contributed by atoms with E-state index < -0.39 is 0 Å². The molecule has 14 heavy (non-hydrogen) atoms. The molecule has 0 amide bonds. The molecule has 0 heterocycles. The highest BCUT2D eigenvalue weighted by Crippen LogP contribution is 2.35. The molecular weight excluding hydrogens is 202 g/mol. The van der Waals surface area contributed by atoms with Crippen molar-refractivity contribution in [2.24, 2.45) is 5.73 Å². The summed E-state index contributed by atoms with van der Waals surface area (Å²) in [6.07, 6.45) is 0.687. The number of halogens is 1. The largest absolute Gasteiger partial charge is 0.496 e. The number of methoxy groups -OCH3 is 2. The van der Waals surface area contributed by atoms with Crippen LogP contribution in [-0.2, 0) is 6.42 Å². The van der Waals surface area contributed by atoms with Crippen molar-refractivity contribution >= 4 is 11.6 Å². The molecular formula is C10H14ClNO2. The van der Waals surface area contributed by atoms with E-state index in [0.29, 0.717) is 23.7 Å². The Morgan fingerprint density at radius 1 is 1.29 bits per heavy atom. The van der Waals surface area contributed by atoms with E-state index in [4.69, 9.17) is 26.8 Å². The van der Waals surface area contributed by atoms with Gasteiger partial charge in [-0.25, -0.2) is 0 Å². The van der Waals surface area contributed by atoms with Crippen molar-refractivity contribution in [1.82, 2.24) is 0 Å². The van der Waals surface area contributed by atoms with Gasteiger partial charge in [0.15, 0.2) is 0 Å². The minimum atomic E-state index is 0.535. The zero-order chi connectivity index (χ0) is 10.6. The first-order chi connectivity index (χ1) is 6.74. The number of hydrogen-bond donors (Lipinski definition) is 1. The van der Waals surface area contributed by atoms with Crippen molar-refractivity contribution in [2.45, 2.75) is 6.42 Å². The summed E-state index contributed by atoms with van der Waals surface area (Å²) in [6.45, 7) is 0.535. The van der Waals surface area contributed by atoms with Gasteiger partial charge >= 0.3 is 0 Å². The van der Waals surface area contributed by atoms with Gasteiger partial charge in [0, 0.05) is 5.56 Å². The summed E-state index contributed by atoms with van der Waals surface area (Å²) < 4.78 is 10.4. The van der Waals surface area contributed by atoms with Gasteiger partial charge in [-0.3, -0.25) is 0 Å². The normalized spacial score (nSPS) is 10.0. The molecule has 0 aliphatic heterocycles. The van der Waals surface area contributed by atoms with Crippen molar-refractivity contribution < 1.29 is 9.47 Å². The standard InChI is InChI=1S/C10H14ClNO2/c1-13-9-4-3-8(11)10(14-2)7(9)5-6-12/h3-4H,5-6,12H2,1-2H3. The van der Waals surface area contributed by atoms with Crippen LogP contribution in [-0.4, -0.2) is 20.8 Å². The van der Waals surface area contributed by atoms with E-state index in [0.717, 1.165) is 11.3 Å². The lowest BCUT2D eigenvalue weighted by Gasteiger charge is -2.13. The summed E-state index contributed by atoms with van der Waals surface area (Å²) in [5.74, 6) is 1.41. The molecule has 1 aromatic rings. The van der Waals surface area contributed by atoms with Gasteiger partial charge in [-0.05, 0) is 25.1 Å². The van der Waals surface area contributed by atoms with Gasteiger partial charge in [0.25, 0.3) is 0 Å². The quantitative estimate of drug-likeness (QED) is 0.834. The summed E-state index contributed by atoms with van der Waals surface area (Å²) in [6, 6.07) is 3.56. The predicted molar refractivity (Wildman–Crippen MR) is 57.3 cm³/mol. The molecule has 0 unspecified atom stereocenters. The van der Waals surface area contributed by atoms with Crippen LogP contribution >= 0.6 is 11.6 Å². The SMILES string of the molecule is COc1ccc(Cl)c(OC)c1CCN. The van der Waals surface area contributed by atoms with E-state index in [9.17, 15) is 0 Å². The van der Waals surface area contributed by atoms with Crippen molar-refractivity contribution in [3.05, 3.63) is 22.7 Å². The highest BCUT2D eigenvalue weighted by Gasteiger charge is 2.12. The Kier molecular flexibility index (Phi) is 4.04. The Morgan fingerprint density at radius 3 is 2.50 bits per heavy atom.